The smallest absolute Gasteiger partial charge is 0.341 e. The molecule has 4 heterocycles. The lowest BCUT2D eigenvalue weighted by atomic mass is 10.1. The van der Waals surface area contributed by atoms with Crippen LogP contribution in [0.5, 0.6) is 11.8 Å². The fraction of sp³-hybridized carbons (Fsp3) is 0.304. The second kappa shape index (κ2) is 9.09. The molecule has 6 rings (SSSR count). The van der Waals surface area contributed by atoms with Gasteiger partial charge in [-0.15, -0.1) is 0 Å². The lowest BCUT2D eigenvalue weighted by molar-refractivity contribution is 0.0615. The third-order valence-electron chi connectivity index (χ3n) is 6.29. The van der Waals surface area contributed by atoms with E-state index in [1.54, 1.807) is 36.8 Å². The first-order valence-electron chi connectivity index (χ1n) is 11.3. The van der Waals surface area contributed by atoms with Crippen LogP contribution in [0.4, 0.5) is 0 Å². The highest BCUT2D eigenvalue weighted by Gasteiger charge is 2.50. The number of sulfonamides is 1. The van der Waals surface area contributed by atoms with Gasteiger partial charge in [0.2, 0.25) is 10.0 Å². The Morgan fingerprint density at radius 3 is 2.56 bits per heavy atom. The van der Waals surface area contributed by atoms with Crippen molar-refractivity contribution in [2.45, 2.75) is 36.1 Å². The van der Waals surface area contributed by atoms with Gasteiger partial charge < -0.3 is 18.8 Å². The maximum atomic E-state index is 12.9. The number of benzene rings is 2. The standard InChI is InChI=1S/C23H23N7O5S/c1-15-2-8-18(9-3-15)36(31,32)26-19-12-33-22-20(13-34-21(19)22)30-23(25-27-28-30)35-17-6-4-16(5-7-17)29-11-10-24-14-29/h2-11,14,19-22,26H,12-13H2,1H3. The topological polar surface area (TPSA) is 135 Å². The molecule has 4 unspecified atom stereocenters. The monoisotopic (exact) mass is 509 g/mol. The zero-order valence-corrected chi connectivity index (χ0v) is 20.0. The largest absolute Gasteiger partial charge is 0.423 e. The summed E-state index contributed by atoms with van der Waals surface area (Å²) in [5, 5.41) is 11.9. The van der Waals surface area contributed by atoms with Gasteiger partial charge in [0.1, 0.15) is 24.0 Å². The summed E-state index contributed by atoms with van der Waals surface area (Å²) in [6, 6.07) is 13.4. The Morgan fingerprint density at radius 2 is 1.81 bits per heavy atom. The van der Waals surface area contributed by atoms with Crippen LogP contribution in [0.2, 0.25) is 0 Å². The van der Waals surface area contributed by atoms with Gasteiger partial charge in [-0.1, -0.05) is 22.8 Å². The number of ether oxygens (including phenoxy) is 3. The molecule has 0 aliphatic carbocycles. The number of aromatic nitrogens is 6. The summed E-state index contributed by atoms with van der Waals surface area (Å²) >= 11 is 0. The highest BCUT2D eigenvalue weighted by molar-refractivity contribution is 7.89. The van der Waals surface area contributed by atoms with Crippen molar-refractivity contribution in [1.82, 2.24) is 34.5 Å². The Hall–Kier alpha value is -3.65. The molecule has 2 aromatic heterocycles. The summed E-state index contributed by atoms with van der Waals surface area (Å²) in [6.07, 6.45) is 4.34. The molecular weight excluding hydrogens is 486 g/mol. The van der Waals surface area contributed by atoms with Crippen LogP contribution < -0.4 is 9.46 Å². The van der Waals surface area contributed by atoms with Crippen LogP contribution in [0, 0.1) is 6.92 Å². The summed E-state index contributed by atoms with van der Waals surface area (Å²) < 4.78 is 49.7. The minimum absolute atomic E-state index is 0.172. The van der Waals surface area contributed by atoms with Gasteiger partial charge in [0.25, 0.3) is 0 Å². The maximum absolute atomic E-state index is 12.9. The third-order valence-corrected chi connectivity index (χ3v) is 7.80. The average molecular weight is 510 g/mol. The van der Waals surface area contributed by atoms with Crippen LogP contribution in [0.15, 0.2) is 72.1 Å². The van der Waals surface area contributed by atoms with E-state index in [0.29, 0.717) is 5.75 Å². The molecule has 2 aliphatic heterocycles. The number of hydrogen-bond donors (Lipinski definition) is 1. The van der Waals surface area contributed by atoms with Crippen molar-refractivity contribution in [3.05, 3.63) is 72.8 Å². The molecule has 186 valence electrons. The van der Waals surface area contributed by atoms with E-state index in [9.17, 15) is 8.42 Å². The van der Waals surface area contributed by atoms with Gasteiger partial charge in [0.05, 0.1) is 30.5 Å². The first-order valence-corrected chi connectivity index (χ1v) is 12.8. The number of nitrogens with zero attached hydrogens (tertiary/aromatic N) is 6. The molecule has 4 aromatic rings. The van der Waals surface area contributed by atoms with Crippen molar-refractivity contribution < 1.29 is 22.6 Å². The average Bonchev–Trinajstić information content (AvgIpc) is 3.67. The lowest BCUT2D eigenvalue weighted by Gasteiger charge is -2.18. The molecule has 1 N–H and O–H groups in total. The van der Waals surface area contributed by atoms with Gasteiger partial charge in [-0.2, -0.15) is 4.68 Å². The Bertz CT molecular complexity index is 1440. The normalized spacial score (nSPS) is 23.6. The summed E-state index contributed by atoms with van der Waals surface area (Å²) in [6.45, 7) is 2.32. The second-order valence-corrected chi connectivity index (χ2v) is 10.4. The summed E-state index contributed by atoms with van der Waals surface area (Å²) in [7, 11) is -3.73. The molecule has 13 heteroatoms. The predicted molar refractivity (Wildman–Crippen MR) is 125 cm³/mol. The first-order chi connectivity index (χ1) is 17.5. The molecule has 36 heavy (non-hydrogen) atoms. The fourth-order valence-electron chi connectivity index (χ4n) is 4.44. The molecule has 2 saturated heterocycles. The van der Waals surface area contributed by atoms with Crippen molar-refractivity contribution in [3.63, 3.8) is 0 Å². The zero-order chi connectivity index (χ0) is 24.7. The molecule has 0 amide bonds. The number of hydrogen-bond acceptors (Lipinski definition) is 9. The van der Waals surface area contributed by atoms with Crippen molar-refractivity contribution in [2.24, 2.45) is 0 Å². The molecule has 2 aromatic carbocycles. The SMILES string of the molecule is Cc1ccc(S(=O)(=O)NC2COC3C2OCC3n2nnnc2Oc2ccc(-n3ccnc3)cc2)cc1. The molecular formula is C23H23N7O5S. The Kier molecular flexibility index (Phi) is 5.76. The molecule has 0 spiro atoms. The van der Waals surface area contributed by atoms with Crippen molar-refractivity contribution in [2.75, 3.05) is 13.2 Å². The Labute approximate surface area is 206 Å². The van der Waals surface area contributed by atoms with Gasteiger partial charge in [-0.3, -0.25) is 0 Å². The molecule has 2 aliphatic rings. The van der Waals surface area contributed by atoms with Crippen molar-refractivity contribution in [1.29, 1.82) is 0 Å². The lowest BCUT2D eigenvalue weighted by Crippen LogP contribution is -2.44. The van der Waals surface area contributed by atoms with Gasteiger partial charge in [-0.25, -0.2) is 18.1 Å². The van der Waals surface area contributed by atoms with Crippen LogP contribution in [-0.2, 0) is 19.5 Å². The van der Waals surface area contributed by atoms with Crippen LogP contribution in [0.3, 0.4) is 0 Å². The highest BCUT2D eigenvalue weighted by atomic mass is 32.2. The van der Waals surface area contributed by atoms with E-state index in [-0.39, 0.29) is 30.2 Å². The van der Waals surface area contributed by atoms with E-state index in [2.05, 4.69) is 25.2 Å². The van der Waals surface area contributed by atoms with E-state index in [1.165, 1.54) is 4.68 Å². The zero-order valence-electron chi connectivity index (χ0n) is 19.2. The Morgan fingerprint density at radius 1 is 1.03 bits per heavy atom. The fourth-order valence-corrected chi connectivity index (χ4v) is 5.67. The van der Waals surface area contributed by atoms with Crippen molar-refractivity contribution in [3.8, 4) is 17.4 Å². The van der Waals surface area contributed by atoms with E-state index >= 15 is 0 Å². The molecule has 4 atom stereocenters. The van der Waals surface area contributed by atoms with Gasteiger partial charge >= 0.3 is 6.01 Å². The van der Waals surface area contributed by atoms with Gasteiger partial charge in [0, 0.05) is 18.1 Å². The number of imidazole rings is 1. The summed E-state index contributed by atoms with van der Waals surface area (Å²) in [5.41, 5.74) is 1.92. The number of tetrazole rings is 1. The molecule has 0 saturated carbocycles. The molecule has 0 bridgehead atoms. The van der Waals surface area contributed by atoms with E-state index < -0.39 is 28.3 Å². The van der Waals surface area contributed by atoms with Gasteiger partial charge in [0.15, 0.2) is 0 Å². The minimum Gasteiger partial charge on any atom is -0.423 e. The van der Waals surface area contributed by atoms with E-state index in [1.807, 2.05) is 42.0 Å². The van der Waals surface area contributed by atoms with E-state index in [0.717, 1.165) is 11.3 Å². The highest BCUT2D eigenvalue weighted by Crippen LogP contribution is 2.36. The van der Waals surface area contributed by atoms with Gasteiger partial charge in [-0.05, 0) is 53.7 Å². The molecule has 2 fully saturated rings. The minimum atomic E-state index is -3.73. The third kappa shape index (κ3) is 4.26. The second-order valence-electron chi connectivity index (χ2n) is 8.68. The first kappa shape index (κ1) is 22.8. The number of aryl methyl sites for hydroxylation is 1. The number of fused-ring (bicyclic) bond motifs is 1. The maximum Gasteiger partial charge on any atom is 0.341 e. The van der Waals surface area contributed by atoms with Crippen molar-refractivity contribution >= 4 is 10.0 Å². The predicted octanol–water partition coefficient (Wildman–Crippen LogP) is 1.65. The van der Waals surface area contributed by atoms with Crippen LogP contribution >= 0.6 is 0 Å². The molecule has 0 radical (unpaired) electrons. The number of rotatable bonds is 7. The van der Waals surface area contributed by atoms with Crippen LogP contribution in [0.25, 0.3) is 5.69 Å². The summed E-state index contributed by atoms with van der Waals surface area (Å²) in [5.74, 6) is 0.557. The Balaban J connectivity index is 1.15. The van der Waals surface area contributed by atoms with E-state index in [4.69, 9.17) is 14.2 Å². The van der Waals surface area contributed by atoms with Crippen LogP contribution in [0.1, 0.15) is 11.6 Å². The quantitative estimate of drug-likeness (QED) is 0.394. The van der Waals surface area contributed by atoms with Crippen LogP contribution in [-0.4, -0.2) is 69.6 Å². The summed E-state index contributed by atoms with van der Waals surface area (Å²) in [4.78, 5) is 4.24. The molecule has 12 nitrogen and oxygen atoms in total. The number of nitrogens with one attached hydrogen (secondary N) is 1.